The highest BCUT2D eigenvalue weighted by molar-refractivity contribution is 7.80. The van der Waals surface area contributed by atoms with Gasteiger partial charge < -0.3 is 10.6 Å². The predicted octanol–water partition coefficient (Wildman–Crippen LogP) is 1.64. The van der Waals surface area contributed by atoms with Crippen molar-refractivity contribution >= 4 is 22.9 Å². The van der Waals surface area contributed by atoms with Crippen molar-refractivity contribution in [3.8, 4) is 0 Å². The van der Waals surface area contributed by atoms with Crippen molar-refractivity contribution < 1.29 is 0 Å². The number of likely N-dealkylation sites (N-methyl/N-ethyl adjacent to an activating group) is 2. The minimum Gasteiger partial charge on any atom is -0.388 e. The summed E-state index contributed by atoms with van der Waals surface area (Å²) in [5.41, 5.74) is 7.49. The van der Waals surface area contributed by atoms with Crippen molar-refractivity contribution in [2.45, 2.75) is 25.8 Å². The van der Waals surface area contributed by atoms with Crippen molar-refractivity contribution in [3.63, 3.8) is 0 Å². The van der Waals surface area contributed by atoms with Gasteiger partial charge in [0.25, 0.3) is 0 Å². The van der Waals surface area contributed by atoms with E-state index in [1.165, 1.54) is 19.4 Å². The second-order valence-corrected chi connectivity index (χ2v) is 5.48. The first-order valence-electron chi connectivity index (χ1n) is 6.83. The van der Waals surface area contributed by atoms with Crippen LogP contribution in [0.1, 0.15) is 25.5 Å². The van der Waals surface area contributed by atoms with E-state index in [2.05, 4.69) is 28.8 Å². The first kappa shape index (κ1) is 14.2. The first-order valence-corrected chi connectivity index (χ1v) is 7.24. The Labute approximate surface area is 120 Å². The molecule has 1 aliphatic rings. The molecule has 1 fully saturated rings. The van der Waals surface area contributed by atoms with Crippen LogP contribution < -0.4 is 10.6 Å². The molecular weight excluding hydrogens is 256 g/mol. The van der Waals surface area contributed by atoms with Gasteiger partial charge in [-0.25, -0.2) is 0 Å². The smallest absolute Gasteiger partial charge is 0.124 e. The lowest BCUT2D eigenvalue weighted by Crippen LogP contribution is -2.39. The Bertz CT molecular complexity index is 449. The molecule has 0 spiro atoms. The quantitative estimate of drug-likeness (QED) is 0.830. The molecule has 1 saturated heterocycles. The summed E-state index contributed by atoms with van der Waals surface area (Å²) < 4.78 is 0. The zero-order valence-electron chi connectivity index (χ0n) is 11.7. The molecule has 5 heteroatoms. The summed E-state index contributed by atoms with van der Waals surface area (Å²) in [6, 6.07) is 4.58. The summed E-state index contributed by atoms with van der Waals surface area (Å²) in [6.07, 6.45) is 4.29. The molecule has 2 N–H and O–H groups in total. The third-order valence-corrected chi connectivity index (χ3v) is 4.01. The van der Waals surface area contributed by atoms with Crippen molar-refractivity contribution in [2.24, 2.45) is 5.73 Å². The molecule has 2 heterocycles. The lowest BCUT2D eigenvalue weighted by molar-refractivity contribution is 0.270. The van der Waals surface area contributed by atoms with E-state index in [1.807, 2.05) is 12.1 Å². The highest BCUT2D eigenvalue weighted by atomic mass is 32.1. The van der Waals surface area contributed by atoms with Crippen LogP contribution in [0.2, 0.25) is 0 Å². The van der Waals surface area contributed by atoms with Crippen LogP contribution in [0.3, 0.4) is 0 Å². The third kappa shape index (κ3) is 3.22. The maximum Gasteiger partial charge on any atom is 0.124 e. The number of hydrogen-bond donors (Lipinski definition) is 1. The largest absolute Gasteiger partial charge is 0.388 e. The van der Waals surface area contributed by atoms with E-state index < -0.39 is 0 Å². The van der Waals surface area contributed by atoms with E-state index in [9.17, 15) is 0 Å². The fourth-order valence-corrected chi connectivity index (χ4v) is 2.98. The molecule has 0 radical (unpaired) electrons. The molecule has 1 atom stereocenters. The minimum atomic E-state index is 0.362. The fourth-order valence-electron chi connectivity index (χ4n) is 2.83. The summed E-state index contributed by atoms with van der Waals surface area (Å²) in [4.78, 5) is 9.41. The van der Waals surface area contributed by atoms with Crippen molar-refractivity contribution in [3.05, 3.63) is 24.0 Å². The fraction of sp³-hybridized carbons (Fsp3) is 0.571. The summed E-state index contributed by atoms with van der Waals surface area (Å²) in [7, 11) is 2.09. The van der Waals surface area contributed by atoms with E-state index in [-0.39, 0.29) is 0 Å². The normalized spacial score (nSPS) is 19.6. The number of aromatic nitrogens is 1. The molecule has 104 valence electrons. The Morgan fingerprint density at radius 3 is 3.11 bits per heavy atom. The zero-order chi connectivity index (χ0) is 13.8. The van der Waals surface area contributed by atoms with Gasteiger partial charge in [0, 0.05) is 25.8 Å². The SMILES string of the molecule is CCN1CCCC1CN(C)c1cccnc1C(N)=S. The number of anilines is 1. The molecule has 1 aromatic heterocycles. The summed E-state index contributed by atoms with van der Waals surface area (Å²) in [5.74, 6) is 0. The van der Waals surface area contributed by atoms with E-state index in [4.69, 9.17) is 18.0 Å². The standard InChI is InChI=1S/C14H22N4S/c1-3-18-9-5-6-11(18)10-17(2)12-7-4-8-16-13(12)14(15)19/h4,7-8,11H,3,5-6,9-10H2,1-2H3,(H2,15,19). The molecule has 0 aliphatic carbocycles. The van der Waals surface area contributed by atoms with Crippen LogP contribution in [-0.2, 0) is 0 Å². The second kappa shape index (κ2) is 6.30. The average Bonchev–Trinajstić information content (AvgIpc) is 2.85. The van der Waals surface area contributed by atoms with Gasteiger partial charge in [-0.1, -0.05) is 19.1 Å². The number of hydrogen-bond acceptors (Lipinski definition) is 4. The molecule has 0 aromatic carbocycles. The Morgan fingerprint density at radius 1 is 1.63 bits per heavy atom. The van der Waals surface area contributed by atoms with Crippen LogP contribution in [0, 0.1) is 0 Å². The van der Waals surface area contributed by atoms with Crippen LogP contribution in [0.25, 0.3) is 0 Å². The predicted molar refractivity (Wildman–Crippen MR) is 83.7 cm³/mol. The molecule has 0 amide bonds. The maximum absolute atomic E-state index is 5.75. The molecule has 1 unspecified atom stereocenters. The van der Waals surface area contributed by atoms with Crippen LogP contribution in [0.5, 0.6) is 0 Å². The van der Waals surface area contributed by atoms with Crippen LogP contribution in [0.4, 0.5) is 5.69 Å². The molecule has 2 rings (SSSR count). The zero-order valence-corrected chi connectivity index (χ0v) is 12.5. The van der Waals surface area contributed by atoms with Crippen molar-refractivity contribution in [2.75, 3.05) is 31.6 Å². The lowest BCUT2D eigenvalue weighted by Gasteiger charge is -2.29. The Morgan fingerprint density at radius 2 is 2.42 bits per heavy atom. The van der Waals surface area contributed by atoms with Gasteiger partial charge in [-0.15, -0.1) is 0 Å². The molecule has 0 saturated carbocycles. The monoisotopic (exact) mass is 278 g/mol. The number of nitrogens with zero attached hydrogens (tertiary/aromatic N) is 3. The number of rotatable bonds is 5. The van der Waals surface area contributed by atoms with E-state index in [0.29, 0.717) is 11.0 Å². The molecule has 19 heavy (non-hydrogen) atoms. The van der Waals surface area contributed by atoms with E-state index in [0.717, 1.165) is 24.5 Å². The number of thiocarbonyl (C=S) groups is 1. The average molecular weight is 278 g/mol. The molecule has 4 nitrogen and oxygen atoms in total. The van der Waals surface area contributed by atoms with E-state index in [1.54, 1.807) is 6.20 Å². The Balaban J connectivity index is 2.11. The maximum atomic E-state index is 5.75. The van der Waals surface area contributed by atoms with Gasteiger partial charge >= 0.3 is 0 Å². The lowest BCUT2D eigenvalue weighted by atomic mass is 10.2. The van der Waals surface area contributed by atoms with Crippen molar-refractivity contribution in [1.82, 2.24) is 9.88 Å². The van der Waals surface area contributed by atoms with Gasteiger partial charge in [0.05, 0.1) is 5.69 Å². The topological polar surface area (TPSA) is 45.4 Å². The Hall–Kier alpha value is -1.20. The summed E-state index contributed by atoms with van der Waals surface area (Å²) in [5, 5.41) is 0. The van der Waals surface area contributed by atoms with Gasteiger partial charge in [-0.2, -0.15) is 0 Å². The number of nitrogens with two attached hydrogens (primary N) is 1. The molecule has 0 bridgehead atoms. The number of likely N-dealkylation sites (tertiary alicyclic amines) is 1. The number of pyridine rings is 1. The van der Waals surface area contributed by atoms with Gasteiger partial charge in [0.1, 0.15) is 10.7 Å². The summed E-state index contributed by atoms with van der Waals surface area (Å²) in [6.45, 7) is 5.55. The third-order valence-electron chi connectivity index (χ3n) is 3.82. The van der Waals surface area contributed by atoms with Crippen LogP contribution in [-0.4, -0.2) is 47.6 Å². The molecular formula is C14H22N4S. The highest BCUT2D eigenvalue weighted by Crippen LogP contribution is 2.22. The highest BCUT2D eigenvalue weighted by Gasteiger charge is 2.25. The second-order valence-electron chi connectivity index (χ2n) is 5.04. The Kier molecular flexibility index (Phi) is 4.71. The van der Waals surface area contributed by atoms with Crippen molar-refractivity contribution in [1.29, 1.82) is 0 Å². The first-order chi connectivity index (χ1) is 9.13. The van der Waals surface area contributed by atoms with Crippen LogP contribution in [0.15, 0.2) is 18.3 Å². The molecule has 1 aliphatic heterocycles. The van der Waals surface area contributed by atoms with Gasteiger partial charge in [0.15, 0.2) is 0 Å². The summed E-state index contributed by atoms with van der Waals surface area (Å²) >= 11 is 5.08. The molecule has 1 aromatic rings. The van der Waals surface area contributed by atoms with Gasteiger partial charge in [-0.05, 0) is 38.1 Å². The van der Waals surface area contributed by atoms with Gasteiger partial charge in [-0.3, -0.25) is 9.88 Å². The van der Waals surface area contributed by atoms with E-state index >= 15 is 0 Å². The van der Waals surface area contributed by atoms with Gasteiger partial charge in [0.2, 0.25) is 0 Å². The van der Waals surface area contributed by atoms with Crippen LogP contribution >= 0.6 is 12.2 Å². The minimum absolute atomic E-state index is 0.362.